The van der Waals surface area contributed by atoms with Gasteiger partial charge >= 0.3 is 12.0 Å². The molecule has 0 spiro atoms. The Balaban J connectivity index is 4.67. The van der Waals surface area contributed by atoms with E-state index in [4.69, 9.17) is 15.6 Å². The smallest absolute Gasteiger partial charge is 0.323 e. The first-order valence-electron chi connectivity index (χ1n) is 5.45. The zero-order chi connectivity index (χ0) is 14.1. The van der Waals surface area contributed by atoms with E-state index in [2.05, 4.69) is 0 Å². The number of ether oxygens (including phenoxy) is 1. The second kappa shape index (κ2) is 8.29. The summed E-state index contributed by atoms with van der Waals surface area (Å²) in [4.78, 5) is 35.7. The summed E-state index contributed by atoms with van der Waals surface area (Å²) in [6, 6.07) is -0.546. The predicted octanol–water partition coefficient (Wildman–Crippen LogP) is -1.05. The molecule has 0 rings (SSSR count). The summed E-state index contributed by atoms with van der Waals surface area (Å²) in [6.45, 7) is 1.80. The second-order valence-corrected chi connectivity index (χ2v) is 3.57. The number of hydrogen-bond acceptors (Lipinski definition) is 4. The largest absolute Gasteiger partial charge is 0.480 e. The highest BCUT2D eigenvalue weighted by Crippen LogP contribution is 1.99. The van der Waals surface area contributed by atoms with Gasteiger partial charge in [-0.1, -0.05) is 0 Å². The summed E-state index contributed by atoms with van der Waals surface area (Å²) < 4.78 is 4.85. The van der Waals surface area contributed by atoms with E-state index in [0.717, 1.165) is 4.90 Å². The van der Waals surface area contributed by atoms with Crippen LogP contribution in [-0.4, -0.2) is 72.7 Å². The third kappa shape index (κ3) is 6.04. The van der Waals surface area contributed by atoms with Gasteiger partial charge < -0.3 is 25.4 Å². The molecule has 0 aromatic heterocycles. The Bertz CT molecular complexity index is 292. The van der Waals surface area contributed by atoms with Crippen LogP contribution >= 0.6 is 0 Å². The molecule has 3 amide bonds. The third-order valence-electron chi connectivity index (χ3n) is 2.16. The van der Waals surface area contributed by atoms with Crippen molar-refractivity contribution in [1.29, 1.82) is 0 Å². The lowest BCUT2D eigenvalue weighted by Crippen LogP contribution is -2.49. The first kappa shape index (κ1) is 16.2. The average molecular weight is 261 g/mol. The number of carboxylic acid groups (broad SMARTS) is 1. The van der Waals surface area contributed by atoms with Crippen molar-refractivity contribution in [2.24, 2.45) is 5.73 Å². The summed E-state index contributed by atoms with van der Waals surface area (Å²) in [7, 11) is 1.50. The van der Waals surface area contributed by atoms with Crippen molar-refractivity contribution in [1.82, 2.24) is 9.80 Å². The van der Waals surface area contributed by atoms with Crippen LogP contribution in [0.2, 0.25) is 0 Å². The van der Waals surface area contributed by atoms with Crippen LogP contribution in [0, 0.1) is 0 Å². The van der Waals surface area contributed by atoms with Gasteiger partial charge in [0.05, 0.1) is 6.61 Å². The summed E-state index contributed by atoms with van der Waals surface area (Å²) in [5.41, 5.74) is 4.98. The normalized spacial score (nSPS) is 9.89. The third-order valence-corrected chi connectivity index (χ3v) is 2.16. The summed E-state index contributed by atoms with van der Waals surface area (Å²) in [5, 5.41) is 8.69. The molecule has 0 aliphatic rings. The van der Waals surface area contributed by atoms with E-state index in [-0.39, 0.29) is 0 Å². The minimum Gasteiger partial charge on any atom is -0.480 e. The molecule has 0 atom stereocenters. The van der Waals surface area contributed by atoms with Crippen LogP contribution in [0.15, 0.2) is 0 Å². The van der Waals surface area contributed by atoms with Crippen molar-refractivity contribution in [3.63, 3.8) is 0 Å². The molecule has 0 saturated heterocycles. The summed E-state index contributed by atoms with van der Waals surface area (Å²) in [6.07, 6.45) is 0. The van der Waals surface area contributed by atoms with Crippen LogP contribution in [0.5, 0.6) is 0 Å². The Labute approximate surface area is 105 Å². The van der Waals surface area contributed by atoms with Crippen molar-refractivity contribution < 1.29 is 24.2 Å². The molecule has 0 aliphatic heterocycles. The molecule has 0 fully saturated rings. The number of amides is 3. The number of methoxy groups -OCH3 is 1. The molecule has 0 saturated carbocycles. The minimum absolute atomic E-state index is 0.320. The molecule has 0 unspecified atom stereocenters. The summed E-state index contributed by atoms with van der Waals surface area (Å²) >= 11 is 0. The molecular weight excluding hydrogens is 242 g/mol. The standard InChI is InChI=1S/C10H19N3O5/c1-3-12(4-5-18-2)10(17)13(6-8(11)14)7-9(15)16/h3-7H2,1-2H3,(H2,11,14)(H,15,16). The number of urea groups is 1. The molecule has 3 N–H and O–H groups in total. The molecule has 18 heavy (non-hydrogen) atoms. The number of nitrogens with two attached hydrogens (primary N) is 1. The zero-order valence-electron chi connectivity index (χ0n) is 10.6. The van der Waals surface area contributed by atoms with Gasteiger partial charge in [0.15, 0.2) is 0 Å². The maximum atomic E-state index is 12.0. The van der Waals surface area contributed by atoms with Crippen molar-refractivity contribution in [2.45, 2.75) is 6.92 Å². The van der Waals surface area contributed by atoms with Gasteiger partial charge in [-0.3, -0.25) is 9.59 Å². The van der Waals surface area contributed by atoms with Crippen LogP contribution in [0.25, 0.3) is 0 Å². The van der Waals surface area contributed by atoms with E-state index in [9.17, 15) is 14.4 Å². The fraction of sp³-hybridized carbons (Fsp3) is 0.700. The van der Waals surface area contributed by atoms with Crippen LogP contribution in [0.4, 0.5) is 4.79 Å². The fourth-order valence-electron chi connectivity index (χ4n) is 1.33. The monoisotopic (exact) mass is 261 g/mol. The van der Waals surface area contributed by atoms with Gasteiger partial charge in [0.1, 0.15) is 13.1 Å². The van der Waals surface area contributed by atoms with E-state index < -0.39 is 31.0 Å². The number of aliphatic carboxylic acids is 1. The Morgan fingerprint density at radius 2 is 1.83 bits per heavy atom. The number of carbonyl (C=O) groups excluding carboxylic acids is 2. The lowest BCUT2D eigenvalue weighted by molar-refractivity contribution is -0.138. The highest BCUT2D eigenvalue weighted by Gasteiger charge is 2.23. The number of primary amides is 1. The molecule has 0 aromatic rings. The average Bonchev–Trinajstić information content (AvgIpc) is 2.27. The quantitative estimate of drug-likeness (QED) is 0.578. The number of hydrogen-bond donors (Lipinski definition) is 2. The van der Waals surface area contributed by atoms with Gasteiger partial charge in [0.25, 0.3) is 0 Å². The predicted molar refractivity (Wildman–Crippen MR) is 62.9 cm³/mol. The maximum Gasteiger partial charge on any atom is 0.323 e. The van der Waals surface area contributed by atoms with Crippen molar-refractivity contribution in [2.75, 3.05) is 39.9 Å². The molecule has 8 heteroatoms. The zero-order valence-corrected chi connectivity index (χ0v) is 10.6. The van der Waals surface area contributed by atoms with Crippen molar-refractivity contribution in [3.8, 4) is 0 Å². The lowest BCUT2D eigenvalue weighted by Gasteiger charge is -2.27. The Morgan fingerprint density at radius 3 is 2.22 bits per heavy atom. The molecular formula is C10H19N3O5. The molecule has 0 heterocycles. The van der Waals surface area contributed by atoms with E-state index in [1.54, 1.807) is 6.92 Å². The van der Waals surface area contributed by atoms with Gasteiger partial charge in [0.2, 0.25) is 5.91 Å². The molecule has 0 radical (unpaired) electrons. The molecule has 0 aliphatic carbocycles. The van der Waals surface area contributed by atoms with Crippen LogP contribution < -0.4 is 5.73 Å². The minimum atomic E-state index is -1.20. The highest BCUT2D eigenvalue weighted by molar-refractivity contribution is 5.85. The van der Waals surface area contributed by atoms with Gasteiger partial charge in [-0.05, 0) is 6.92 Å². The van der Waals surface area contributed by atoms with E-state index >= 15 is 0 Å². The molecule has 104 valence electrons. The molecule has 0 bridgehead atoms. The second-order valence-electron chi connectivity index (χ2n) is 3.57. The van der Waals surface area contributed by atoms with Gasteiger partial charge in [0, 0.05) is 20.2 Å². The lowest BCUT2D eigenvalue weighted by atomic mass is 10.4. The van der Waals surface area contributed by atoms with Crippen LogP contribution in [-0.2, 0) is 14.3 Å². The van der Waals surface area contributed by atoms with Gasteiger partial charge in [-0.15, -0.1) is 0 Å². The van der Waals surface area contributed by atoms with E-state index in [0.29, 0.717) is 19.7 Å². The summed E-state index contributed by atoms with van der Waals surface area (Å²) in [5.74, 6) is -1.96. The Kier molecular flexibility index (Phi) is 7.45. The number of likely N-dealkylation sites (N-methyl/N-ethyl adjacent to an activating group) is 1. The number of rotatable bonds is 8. The SMILES string of the molecule is CCN(CCOC)C(=O)N(CC(N)=O)CC(=O)O. The van der Waals surface area contributed by atoms with Crippen LogP contribution in [0.3, 0.4) is 0 Å². The first-order chi connectivity index (χ1) is 8.42. The highest BCUT2D eigenvalue weighted by atomic mass is 16.5. The Morgan fingerprint density at radius 1 is 1.22 bits per heavy atom. The van der Waals surface area contributed by atoms with Crippen LogP contribution in [0.1, 0.15) is 6.92 Å². The van der Waals surface area contributed by atoms with Crippen molar-refractivity contribution >= 4 is 17.9 Å². The number of carbonyl (C=O) groups is 3. The Hall–Kier alpha value is -1.83. The fourth-order valence-corrected chi connectivity index (χ4v) is 1.33. The number of carboxylic acids is 1. The van der Waals surface area contributed by atoms with Crippen molar-refractivity contribution in [3.05, 3.63) is 0 Å². The molecule has 0 aromatic carbocycles. The molecule has 8 nitrogen and oxygen atoms in total. The first-order valence-corrected chi connectivity index (χ1v) is 5.45. The maximum absolute atomic E-state index is 12.0. The van der Waals surface area contributed by atoms with E-state index in [1.165, 1.54) is 12.0 Å². The van der Waals surface area contributed by atoms with Gasteiger partial charge in [-0.2, -0.15) is 0 Å². The van der Waals surface area contributed by atoms with E-state index in [1.807, 2.05) is 0 Å². The van der Waals surface area contributed by atoms with Gasteiger partial charge in [-0.25, -0.2) is 4.79 Å². The number of nitrogens with zero attached hydrogens (tertiary/aromatic N) is 2. The topological polar surface area (TPSA) is 113 Å².